The lowest BCUT2D eigenvalue weighted by Crippen LogP contribution is -2.29. The molecule has 1 aromatic carbocycles. The number of carbonyl (C=O) groups excluding carboxylic acids is 2. The molecule has 0 bridgehead atoms. The maximum absolute atomic E-state index is 12.9. The maximum Gasteiger partial charge on any atom is 0.305 e. The van der Waals surface area contributed by atoms with Crippen LogP contribution in [0.25, 0.3) is 6.08 Å². The molecule has 2 rings (SSSR count). The number of ether oxygens (including phenoxy) is 3. The summed E-state index contributed by atoms with van der Waals surface area (Å²) in [5, 5.41) is 0. The molecule has 188 valence electrons. The third-order valence-corrected chi connectivity index (χ3v) is 7.20. The number of halogens is 1. The van der Waals surface area contributed by atoms with Crippen molar-refractivity contribution in [3.8, 4) is 11.5 Å². The van der Waals surface area contributed by atoms with Crippen LogP contribution in [-0.2, 0) is 14.3 Å². The Labute approximate surface area is 220 Å². The molecule has 9 heteroatoms. The summed E-state index contributed by atoms with van der Waals surface area (Å²) in [6, 6.07) is 3.83. The van der Waals surface area contributed by atoms with Crippen LogP contribution in [0.2, 0.25) is 0 Å². The minimum Gasteiger partial charge on any atom is -0.490 e. The van der Waals surface area contributed by atoms with E-state index in [1.54, 1.807) is 4.90 Å². The molecule has 0 unspecified atom stereocenters. The summed E-state index contributed by atoms with van der Waals surface area (Å²) in [5.74, 6) is 1.04. The van der Waals surface area contributed by atoms with Gasteiger partial charge in [-0.15, -0.1) is 0 Å². The molecule has 1 saturated heterocycles. The van der Waals surface area contributed by atoms with Crippen LogP contribution in [-0.4, -0.2) is 48.0 Å². The molecule has 0 spiro atoms. The highest BCUT2D eigenvalue weighted by Crippen LogP contribution is 2.39. The van der Waals surface area contributed by atoms with Crippen LogP contribution < -0.4 is 9.47 Å². The molecule has 0 saturated carbocycles. The molecule has 6 nitrogen and oxygen atoms in total. The van der Waals surface area contributed by atoms with Gasteiger partial charge in [-0.3, -0.25) is 14.5 Å². The molecule has 1 heterocycles. The number of thioether (sulfide) groups is 1. The van der Waals surface area contributed by atoms with E-state index in [1.807, 2.05) is 25.1 Å². The summed E-state index contributed by atoms with van der Waals surface area (Å²) in [6.07, 6.45) is 9.11. The number of hydrogen-bond donors (Lipinski definition) is 0. The number of nitrogens with zero attached hydrogens (tertiary/aromatic N) is 1. The van der Waals surface area contributed by atoms with E-state index >= 15 is 0 Å². The first-order valence-electron chi connectivity index (χ1n) is 11.8. The van der Waals surface area contributed by atoms with E-state index in [0.29, 0.717) is 46.9 Å². The largest absolute Gasteiger partial charge is 0.490 e. The lowest BCUT2D eigenvalue weighted by molar-refractivity contribution is -0.140. The van der Waals surface area contributed by atoms with E-state index in [2.05, 4.69) is 27.6 Å². The van der Waals surface area contributed by atoms with Gasteiger partial charge in [-0.05, 0) is 65.9 Å². The molecule has 1 aromatic rings. The zero-order valence-corrected chi connectivity index (χ0v) is 23.4. The van der Waals surface area contributed by atoms with Gasteiger partial charge in [0, 0.05) is 13.0 Å². The third-order valence-electron chi connectivity index (χ3n) is 5.24. The lowest BCUT2D eigenvalue weighted by Gasteiger charge is -2.15. The molecule has 0 N–H and O–H groups in total. The number of methoxy groups -OCH3 is 1. The minimum absolute atomic E-state index is 0.0895. The van der Waals surface area contributed by atoms with Crippen LogP contribution in [0.15, 0.2) is 21.5 Å². The number of thiocarbonyl (C=S) groups is 1. The van der Waals surface area contributed by atoms with Crippen molar-refractivity contribution in [3.05, 3.63) is 27.1 Å². The van der Waals surface area contributed by atoms with Gasteiger partial charge in [0.05, 0.1) is 29.7 Å². The highest BCUT2D eigenvalue weighted by Gasteiger charge is 2.31. The van der Waals surface area contributed by atoms with E-state index in [9.17, 15) is 9.59 Å². The number of unbranched alkanes of at least 4 members (excludes halogenated alkanes) is 5. The minimum atomic E-state index is -0.209. The summed E-state index contributed by atoms with van der Waals surface area (Å²) in [5.41, 5.74) is 0.840. The van der Waals surface area contributed by atoms with Crippen LogP contribution in [0.4, 0.5) is 0 Å². The van der Waals surface area contributed by atoms with Crippen molar-refractivity contribution in [2.24, 2.45) is 0 Å². The van der Waals surface area contributed by atoms with Crippen LogP contribution >= 0.6 is 39.9 Å². The molecule has 1 aliphatic heterocycles. The van der Waals surface area contributed by atoms with Crippen molar-refractivity contribution < 1.29 is 23.8 Å². The summed E-state index contributed by atoms with van der Waals surface area (Å²) >= 11 is 10.4. The fourth-order valence-corrected chi connectivity index (χ4v) is 5.32. The molecule has 0 atom stereocenters. The van der Waals surface area contributed by atoms with E-state index in [-0.39, 0.29) is 11.9 Å². The van der Waals surface area contributed by atoms with Gasteiger partial charge in [-0.2, -0.15) is 0 Å². The molecule has 34 heavy (non-hydrogen) atoms. The first-order valence-corrected chi connectivity index (χ1v) is 13.8. The maximum atomic E-state index is 12.9. The predicted molar refractivity (Wildman–Crippen MR) is 145 cm³/mol. The van der Waals surface area contributed by atoms with Gasteiger partial charge in [0.2, 0.25) is 0 Å². The van der Waals surface area contributed by atoms with Gasteiger partial charge in [0.25, 0.3) is 5.91 Å². The Morgan fingerprint density at radius 2 is 1.88 bits per heavy atom. The smallest absolute Gasteiger partial charge is 0.305 e. The number of esters is 1. The lowest BCUT2D eigenvalue weighted by atomic mass is 10.1. The number of carbonyl (C=O) groups is 2. The number of benzene rings is 1. The average molecular weight is 573 g/mol. The second-order valence-electron chi connectivity index (χ2n) is 7.89. The highest BCUT2D eigenvalue weighted by molar-refractivity contribution is 9.10. The number of amides is 1. The van der Waals surface area contributed by atoms with Crippen LogP contribution in [0, 0.1) is 0 Å². The highest BCUT2D eigenvalue weighted by atomic mass is 79.9. The topological polar surface area (TPSA) is 65.1 Å². The molecule has 0 aromatic heterocycles. The average Bonchev–Trinajstić information content (AvgIpc) is 3.07. The Balaban J connectivity index is 2.03. The SMILES string of the molecule is CCCCCCOc1c(Br)cc(/C=C2\SC(=S)N(CCCCCC(=O)OC)C2=O)cc1OCC. The van der Waals surface area contributed by atoms with Gasteiger partial charge >= 0.3 is 5.97 Å². The standard InChI is InChI=1S/C25H34BrNO5S2/c1-4-6-7-11-14-32-23-19(26)15-18(16-20(23)31-5-2)17-21-24(29)27(25(33)34-21)13-10-8-9-12-22(28)30-3/h15-17H,4-14H2,1-3H3/b21-17-. The van der Waals surface area contributed by atoms with Gasteiger partial charge < -0.3 is 14.2 Å². The molecule has 1 fully saturated rings. The van der Waals surface area contributed by atoms with E-state index in [0.717, 1.165) is 42.1 Å². The van der Waals surface area contributed by atoms with Crippen molar-refractivity contribution >= 4 is 62.2 Å². The molecule has 0 radical (unpaired) electrons. The first kappa shape index (κ1) is 28.7. The van der Waals surface area contributed by atoms with Gasteiger partial charge in [0.1, 0.15) is 4.32 Å². The van der Waals surface area contributed by atoms with E-state index < -0.39 is 0 Å². The Morgan fingerprint density at radius 1 is 1.12 bits per heavy atom. The van der Waals surface area contributed by atoms with Crippen molar-refractivity contribution in [2.45, 2.75) is 65.2 Å². The Hall–Kier alpha value is -1.58. The van der Waals surface area contributed by atoms with Gasteiger partial charge in [-0.25, -0.2) is 0 Å². The first-order chi connectivity index (χ1) is 16.4. The molecular weight excluding hydrogens is 538 g/mol. The summed E-state index contributed by atoms with van der Waals surface area (Å²) < 4.78 is 17.8. The number of rotatable bonds is 15. The zero-order valence-electron chi connectivity index (χ0n) is 20.2. The fraction of sp³-hybridized carbons (Fsp3) is 0.560. The van der Waals surface area contributed by atoms with Crippen molar-refractivity contribution in [1.82, 2.24) is 4.90 Å². The third kappa shape index (κ3) is 8.89. The Kier molecular flexibility index (Phi) is 13.0. The van der Waals surface area contributed by atoms with Crippen molar-refractivity contribution in [3.63, 3.8) is 0 Å². The monoisotopic (exact) mass is 571 g/mol. The van der Waals surface area contributed by atoms with Crippen molar-refractivity contribution in [2.75, 3.05) is 26.9 Å². The second kappa shape index (κ2) is 15.4. The summed E-state index contributed by atoms with van der Waals surface area (Å²) in [6.45, 7) is 5.81. The molecule has 1 amide bonds. The quantitative estimate of drug-likeness (QED) is 0.0998. The van der Waals surface area contributed by atoms with Crippen LogP contribution in [0.5, 0.6) is 11.5 Å². The van der Waals surface area contributed by atoms with Crippen molar-refractivity contribution in [1.29, 1.82) is 0 Å². The fourth-order valence-electron chi connectivity index (χ4n) is 3.44. The molecular formula is C25H34BrNO5S2. The normalized spacial score (nSPS) is 14.7. The molecule has 0 aliphatic carbocycles. The van der Waals surface area contributed by atoms with Gasteiger partial charge in [0.15, 0.2) is 11.5 Å². The van der Waals surface area contributed by atoms with Crippen LogP contribution in [0.3, 0.4) is 0 Å². The van der Waals surface area contributed by atoms with Crippen LogP contribution in [0.1, 0.15) is 70.8 Å². The number of hydrogen-bond acceptors (Lipinski definition) is 7. The van der Waals surface area contributed by atoms with E-state index in [4.69, 9.17) is 21.7 Å². The summed E-state index contributed by atoms with van der Waals surface area (Å²) in [7, 11) is 1.39. The molecule has 1 aliphatic rings. The van der Waals surface area contributed by atoms with E-state index in [1.165, 1.54) is 31.7 Å². The Morgan fingerprint density at radius 3 is 2.59 bits per heavy atom. The zero-order chi connectivity index (χ0) is 24.9. The Bertz CT molecular complexity index is 890. The second-order valence-corrected chi connectivity index (χ2v) is 10.4. The summed E-state index contributed by atoms with van der Waals surface area (Å²) in [4.78, 5) is 26.4. The van der Waals surface area contributed by atoms with Gasteiger partial charge in [-0.1, -0.05) is 56.6 Å². The predicted octanol–water partition coefficient (Wildman–Crippen LogP) is 6.74.